The Labute approximate surface area is 124 Å². The van der Waals surface area contributed by atoms with Crippen molar-refractivity contribution in [2.45, 2.75) is 44.7 Å². The Balaban J connectivity index is 3.07. The van der Waals surface area contributed by atoms with E-state index < -0.39 is 22.4 Å². The predicted molar refractivity (Wildman–Crippen MR) is 76.6 cm³/mol. The molecule has 20 heavy (non-hydrogen) atoms. The second kappa shape index (κ2) is 6.85. The Hall–Kier alpha value is -0.690. The van der Waals surface area contributed by atoms with Gasteiger partial charge < -0.3 is 5.11 Å². The molecule has 0 spiro atoms. The van der Waals surface area contributed by atoms with Gasteiger partial charge in [-0.15, -0.1) is 0 Å². The van der Waals surface area contributed by atoms with E-state index in [4.69, 9.17) is 16.7 Å². The van der Waals surface area contributed by atoms with Gasteiger partial charge in [-0.3, -0.25) is 0 Å². The van der Waals surface area contributed by atoms with Gasteiger partial charge in [0.1, 0.15) is 5.82 Å². The number of nitrogens with one attached hydrogen (secondary N) is 1. The molecule has 0 aromatic heterocycles. The van der Waals surface area contributed by atoms with E-state index in [0.29, 0.717) is 12.3 Å². The second-order valence-corrected chi connectivity index (χ2v) is 7.28. The van der Waals surface area contributed by atoms with Crippen LogP contribution in [-0.2, 0) is 16.6 Å². The number of rotatable bonds is 6. The molecule has 114 valence electrons. The van der Waals surface area contributed by atoms with Crippen molar-refractivity contribution >= 4 is 21.6 Å². The van der Waals surface area contributed by atoms with Gasteiger partial charge in [0.25, 0.3) is 0 Å². The molecule has 1 atom stereocenters. The van der Waals surface area contributed by atoms with Crippen LogP contribution in [0, 0.1) is 11.7 Å². The Kier molecular flexibility index (Phi) is 5.94. The van der Waals surface area contributed by atoms with Crippen LogP contribution in [0.5, 0.6) is 0 Å². The lowest BCUT2D eigenvalue weighted by Crippen LogP contribution is -2.33. The minimum absolute atomic E-state index is 0.0450. The summed E-state index contributed by atoms with van der Waals surface area (Å²) in [6, 6.07) is 1.76. The van der Waals surface area contributed by atoms with Crippen molar-refractivity contribution in [3.05, 3.63) is 28.5 Å². The third-order valence-corrected chi connectivity index (χ3v) is 4.73. The van der Waals surface area contributed by atoms with Gasteiger partial charge >= 0.3 is 0 Å². The molecule has 0 heterocycles. The fourth-order valence-corrected chi connectivity index (χ4v) is 3.46. The fraction of sp³-hybridized carbons (Fsp3) is 0.538. The Morgan fingerprint density at radius 1 is 1.35 bits per heavy atom. The van der Waals surface area contributed by atoms with E-state index in [-0.39, 0.29) is 21.5 Å². The normalized spacial score (nSPS) is 13.8. The third kappa shape index (κ3) is 4.41. The predicted octanol–water partition coefficient (Wildman–Crippen LogP) is 2.68. The number of hydrogen-bond donors (Lipinski definition) is 2. The molecule has 0 fully saturated rings. The van der Waals surface area contributed by atoms with Crippen molar-refractivity contribution in [2.24, 2.45) is 5.92 Å². The molecular formula is C13H19ClFNO3S. The lowest BCUT2D eigenvalue weighted by atomic mass is 10.1. The van der Waals surface area contributed by atoms with Gasteiger partial charge in [0.2, 0.25) is 10.0 Å². The van der Waals surface area contributed by atoms with Crippen molar-refractivity contribution in [3.8, 4) is 0 Å². The van der Waals surface area contributed by atoms with Crippen LogP contribution in [0.4, 0.5) is 4.39 Å². The molecule has 0 radical (unpaired) electrons. The summed E-state index contributed by atoms with van der Waals surface area (Å²) < 4.78 is 40.4. The van der Waals surface area contributed by atoms with Gasteiger partial charge in [-0.05, 0) is 31.4 Å². The molecule has 0 aliphatic rings. The number of sulfonamides is 1. The first-order chi connectivity index (χ1) is 9.17. The number of hydrogen-bond acceptors (Lipinski definition) is 3. The van der Waals surface area contributed by atoms with E-state index >= 15 is 0 Å². The Morgan fingerprint density at radius 2 is 1.95 bits per heavy atom. The summed E-state index contributed by atoms with van der Waals surface area (Å²) in [5.41, 5.74) is 0.0450. The largest absolute Gasteiger partial charge is 0.392 e. The number of benzene rings is 1. The van der Waals surface area contributed by atoms with Crippen molar-refractivity contribution in [3.63, 3.8) is 0 Å². The highest BCUT2D eigenvalue weighted by Gasteiger charge is 2.21. The monoisotopic (exact) mass is 323 g/mol. The van der Waals surface area contributed by atoms with Gasteiger partial charge in [-0.1, -0.05) is 25.4 Å². The van der Waals surface area contributed by atoms with Crippen LogP contribution in [0.2, 0.25) is 5.02 Å². The van der Waals surface area contributed by atoms with Gasteiger partial charge in [0, 0.05) is 11.6 Å². The van der Waals surface area contributed by atoms with Crippen LogP contribution in [0.15, 0.2) is 17.0 Å². The molecule has 2 N–H and O–H groups in total. The maximum absolute atomic E-state index is 13.6. The first-order valence-electron chi connectivity index (χ1n) is 6.28. The summed E-state index contributed by atoms with van der Waals surface area (Å²) >= 11 is 5.64. The van der Waals surface area contributed by atoms with E-state index in [1.165, 1.54) is 6.07 Å². The first kappa shape index (κ1) is 17.4. The number of aliphatic hydroxyl groups excluding tert-OH is 1. The number of aliphatic hydroxyl groups is 1. The van der Waals surface area contributed by atoms with E-state index in [1.807, 2.05) is 13.8 Å². The van der Waals surface area contributed by atoms with Gasteiger partial charge in [-0.25, -0.2) is 17.5 Å². The summed E-state index contributed by atoms with van der Waals surface area (Å²) in [6.07, 6.45) is 0.669. The molecule has 1 unspecified atom stereocenters. The molecular weight excluding hydrogens is 305 g/mol. The maximum atomic E-state index is 13.6. The van der Waals surface area contributed by atoms with Gasteiger partial charge in [0.05, 0.1) is 16.5 Å². The average Bonchev–Trinajstić information content (AvgIpc) is 2.30. The zero-order valence-electron chi connectivity index (χ0n) is 11.7. The topological polar surface area (TPSA) is 66.4 Å². The molecule has 0 aliphatic heterocycles. The maximum Gasteiger partial charge on any atom is 0.240 e. The molecule has 4 nitrogen and oxygen atoms in total. The molecule has 0 aliphatic carbocycles. The highest BCUT2D eigenvalue weighted by atomic mass is 35.5. The molecule has 1 aromatic rings. The molecule has 1 aromatic carbocycles. The highest BCUT2D eigenvalue weighted by molar-refractivity contribution is 7.89. The van der Waals surface area contributed by atoms with Gasteiger partial charge in [-0.2, -0.15) is 0 Å². The highest BCUT2D eigenvalue weighted by Crippen LogP contribution is 2.24. The fourth-order valence-electron chi connectivity index (χ4n) is 1.98. The lowest BCUT2D eigenvalue weighted by molar-refractivity contribution is 0.281. The minimum Gasteiger partial charge on any atom is -0.392 e. The Bertz CT molecular complexity index is 575. The van der Waals surface area contributed by atoms with Crippen molar-refractivity contribution in [2.75, 3.05) is 0 Å². The smallest absolute Gasteiger partial charge is 0.240 e. The Morgan fingerprint density at radius 3 is 2.45 bits per heavy atom. The first-order valence-corrected chi connectivity index (χ1v) is 8.14. The van der Waals surface area contributed by atoms with Crippen LogP contribution >= 0.6 is 11.6 Å². The summed E-state index contributed by atoms with van der Waals surface area (Å²) in [4.78, 5) is -0.237. The zero-order valence-corrected chi connectivity index (χ0v) is 13.2. The summed E-state index contributed by atoms with van der Waals surface area (Å²) in [5, 5.41) is 8.81. The standard InChI is InChI=1S/C13H19ClFNO3S/c1-8(2)4-9(3)16-20(18,19)11-5-10(7-17)13(14)12(15)6-11/h5-6,8-9,16-17H,4,7H2,1-3H3. The molecule has 7 heteroatoms. The van der Waals surface area contributed by atoms with Crippen LogP contribution in [0.25, 0.3) is 0 Å². The molecule has 1 rings (SSSR count). The molecule has 0 saturated carbocycles. The van der Waals surface area contributed by atoms with Crippen LogP contribution in [0.1, 0.15) is 32.8 Å². The van der Waals surface area contributed by atoms with Gasteiger partial charge in [0.15, 0.2) is 0 Å². The molecule has 0 saturated heterocycles. The van der Waals surface area contributed by atoms with Crippen molar-refractivity contribution < 1.29 is 17.9 Å². The second-order valence-electron chi connectivity index (χ2n) is 5.19. The summed E-state index contributed by atoms with van der Waals surface area (Å²) in [7, 11) is -3.84. The van der Waals surface area contributed by atoms with Crippen molar-refractivity contribution in [1.82, 2.24) is 4.72 Å². The lowest BCUT2D eigenvalue weighted by Gasteiger charge is -2.16. The van der Waals surface area contributed by atoms with E-state index in [2.05, 4.69) is 4.72 Å². The van der Waals surface area contributed by atoms with Crippen LogP contribution in [0.3, 0.4) is 0 Å². The minimum atomic E-state index is -3.84. The van der Waals surface area contributed by atoms with Crippen molar-refractivity contribution in [1.29, 1.82) is 0 Å². The summed E-state index contributed by atoms with van der Waals surface area (Å²) in [6.45, 7) is 5.19. The van der Waals surface area contributed by atoms with Crippen LogP contribution < -0.4 is 4.72 Å². The van der Waals surface area contributed by atoms with E-state index in [9.17, 15) is 12.8 Å². The quantitative estimate of drug-likeness (QED) is 0.846. The molecule has 0 amide bonds. The average molecular weight is 324 g/mol. The third-order valence-electron chi connectivity index (χ3n) is 2.74. The van der Waals surface area contributed by atoms with Crippen LogP contribution in [-0.4, -0.2) is 19.6 Å². The zero-order chi connectivity index (χ0) is 15.5. The SMILES string of the molecule is CC(C)CC(C)NS(=O)(=O)c1cc(F)c(Cl)c(CO)c1. The number of halogens is 2. The summed E-state index contributed by atoms with van der Waals surface area (Å²) in [5.74, 6) is -0.530. The molecule has 0 bridgehead atoms. The van der Waals surface area contributed by atoms with E-state index in [1.54, 1.807) is 6.92 Å². The van der Waals surface area contributed by atoms with E-state index in [0.717, 1.165) is 6.07 Å².